The minimum absolute atomic E-state index is 0.0856. The third-order valence-corrected chi connectivity index (χ3v) is 1.11. The van der Waals surface area contributed by atoms with Crippen molar-refractivity contribution >= 4 is 7.32 Å². The molecule has 0 aliphatic rings. The molecule has 0 aromatic rings. The highest BCUT2D eigenvalue weighted by Gasteiger charge is 2.27. The lowest BCUT2D eigenvalue weighted by Gasteiger charge is -2.18. The van der Waals surface area contributed by atoms with Crippen LogP contribution in [-0.2, 0) is 14.0 Å². The molecular formula is C9H20BO3+. The lowest BCUT2D eigenvalue weighted by molar-refractivity contribution is 0.0390. The summed E-state index contributed by atoms with van der Waals surface area (Å²) in [4.78, 5) is 0. The molecule has 3 nitrogen and oxygen atoms in total. The molecule has 4 heteroatoms. The first-order valence-corrected chi connectivity index (χ1v) is 4.71. The second kappa shape index (κ2) is 6.30. The van der Waals surface area contributed by atoms with Gasteiger partial charge in [0, 0.05) is 19.1 Å². The van der Waals surface area contributed by atoms with Gasteiger partial charge >= 0.3 is 7.32 Å². The van der Waals surface area contributed by atoms with Gasteiger partial charge in [0.1, 0.15) is 0 Å². The highest BCUT2D eigenvalue weighted by atomic mass is 16.7. The zero-order valence-corrected chi connectivity index (χ0v) is 9.24. The maximum absolute atomic E-state index is 5.39. The summed E-state index contributed by atoms with van der Waals surface area (Å²) in [5.41, 5.74) is 0. The van der Waals surface area contributed by atoms with Gasteiger partial charge in [0.05, 0.1) is 6.92 Å². The molecule has 76 valence electrons. The van der Waals surface area contributed by atoms with Crippen molar-refractivity contribution in [3.63, 3.8) is 0 Å². The minimum Gasteiger partial charge on any atom is -0.384 e. The van der Waals surface area contributed by atoms with E-state index < -0.39 is 7.32 Å². The van der Waals surface area contributed by atoms with Gasteiger partial charge in [-0.25, -0.2) is 0 Å². The first-order chi connectivity index (χ1) is 5.91. The molecule has 0 aliphatic heterocycles. The number of hydrogen-bond acceptors (Lipinski definition) is 3. The van der Waals surface area contributed by atoms with E-state index in [2.05, 4.69) is 6.92 Å². The average Bonchev–Trinajstić information content (AvgIpc) is 1.80. The maximum atomic E-state index is 5.39. The minimum atomic E-state index is -0.604. The summed E-state index contributed by atoms with van der Waals surface area (Å²) < 4.78 is 16.1. The second-order valence-corrected chi connectivity index (χ2v) is 3.61. The molecule has 0 bridgehead atoms. The van der Waals surface area contributed by atoms with E-state index in [1.807, 2.05) is 34.6 Å². The number of rotatable bonds is 6. The smallest absolute Gasteiger partial charge is 0.384 e. The van der Waals surface area contributed by atoms with Crippen LogP contribution in [-0.4, -0.2) is 25.6 Å². The van der Waals surface area contributed by atoms with Crippen molar-refractivity contribution in [1.29, 1.82) is 0 Å². The lowest BCUT2D eigenvalue weighted by atomic mass is 10.2. The second-order valence-electron chi connectivity index (χ2n) is 3.61. The fraction of sp³-hybridized carbons (Fsp3) is 0.889. The fourth-order valence-corrected chi connectivity index (χ4v) is 0.730. The Bertz CT molecular complexity index is 102. The van der Waals surface area contributed by atoms with Crippen LogP contribution < -0.4 is 0 Å². The van der Waals surface area contributed by atoms with Crippen molar-refractivity contribution < 1.29 is 14.0 Å². The summed E-state index contributed by atoms with van der Waals surface area (Å²) in [5.74, 6) is 0. The molecule has 13 heavy (non-hydrogen) atoms. The molecule has 0 rings (SSSR count). The van der Waals surface area contributed by atoms with Crippen LogP contribution in [0, 0.1) is 6.92 Å². The molecule has 0 saturated carbocycles. The van der Waals surface area contributed by atoms with Gasteiger partial charge in [-0.15, -0.1) is 0 Å². The van der Waals surface area contributed by atoms with Gasteiger partial charge in [0.25, 0.3) is 0 Å². The Kier molecular flexibility index (Phi) is 6.21. The van der Waals surface area contributed by atoms with Crippen LogP contribution in [0.25, 0.3) is 0 Å². The van der Waals surface area contributed by atoms with Crippen molar-refractivity contribution in [2.45, 2.75) is 52.9 Å². The summed E-state index contributed by atoms with van der Waals surface area (Å²) in [5, 5.41) is 0. The van der Waals surface area contributed by atoms with E-state index in [1.165, 1.54) is 0 Å². The zero-order chi connectivity index (χ0) is 10.4. The van der Waals surface area contributed by atoms with E-state index in [4.69, 9.17) is 14.0 Å². The zero-order valence-electron chi connectivity index (χ0n) is 9.24. The van der Waals surface area contributed by atoms with Gasteiger partial charge in [0.15, 0.2) is 6.10 Å². The fourth-order valence-electron chi connectivity index (χ4n) is 0.730. The Morgan fingerprint density at radius 2 is 1.23 bits per heavy atom. The van der Waals surface area contributed by atoms with E-state index >= 15 is 0 Å². The third kappa shape index (κ3) is 8.15. The Labute approximate surface area is 81.9 Å². The summed E-state index contributed by atoms with van der Waals surface area (Å²) in [7, 11) is -0.604. The summed E-state index contributed by atoms with van der Waals surface area (Å²) in [6, 6.07) is 0. The normalized spacial score (nSPS) is 13.8. The van der Waals surface area contributed by atoms with Crippen LogP contribution in [0.2, 0.25) is 0 Å². The topological polar surface area (TPSA) is 27.7 Å². The largest absolute Gasteiger partial charge is 0.643 e. The van der Waals surface area contributed by atoms with E-state index in [9.17, 15) is 0 Å². The van der Waals surface area contributed by atoms with Crippen molar-refractivity contribution in [3.8, 4) is 0 Å². The van der Waals surface area contributed by atoms with Crippen LogP contribution in [0.1, 0.15) is 34.6 Å². The van der Waals surface area contributed by atoms with E-state index in [0.717, 1.165) is 0 Å². The van der Waals surface area contributed by atoms with Crippen LogP contribution in [0.3, 0.4) is 0 Å². The molecule has 0 saturated heterocycles. The number of hydrogen-bond donors (Lipinski definition) is 0. The molecule has 0 N–H and O–H groups in total. The molecule has 0 aliphatic carbocycles. The SMILES string of the molecule is [CH2+]C(C)OB(OC(C)C)OC(C)C. The maximum Gasteiger partial charge on any atom is 0.643 e. The Morgan fingerprint density at radius 1 is 0.846 bits per heavy atom. The molecule has 0 radical (unpaired) electrons. The average molecular weight is 187 g/mol. The predicted molar refractivity (Wildman–Crippen MR) is 54.1 cm³/mol. The molecule has 0 aromatic heterocycles. The van der Waals surface area contributed by atoms with Crippen molar-refractivity contribution in [3.05, 3.63) is 6.92 Å². The van der Waals surface area contributed by atoms with E-state index in [-0.39, 0.29) is 18.3 Å². The molecular weight excluding hydrogens is 167 g/mol. The Hall–Kier alpha value is -0.185. The lowest BCUT2D eigenvalue weighted by Crippen LogP contribution is -2.34. The van der Waals surface area contributed by atoms with Gasteiger partial charge in [-0.2, -0.15) is 0 Å². The summed E-state index contributed by atoms with van der Waals surface area (Å²) in [6.07, 6.45) is 0.0347. The Balaban J connectivity index is 3.87. The molecule has 0 spiro atoms. The van der Waals surface area contributed by atoms with Gasteiger partial charge in [-0.3, -0.25) is 0 Å². The molecule has 1 unspecified atom stereocenters. The first-order valence-electron chi connectivity index (χ1n) is 4.71. The highest BCUT2D eigenvalue weighted by molar-refractivity contribution is 6.36. The standard InChI is InChI=1S/C9H20BO3/c1-7(2)11-10(12-8(3)4)13-9(5)6/h7-9H,1H2,2-6H3/q+1. The first kappa shape index (κ1) is 12.8. The monoisotopic (exact) mass is 187 g/mol. The van der Waals surface area contributed by atoms with Crippen LogP contribution in [0.15, 0.2) is 0 Å². The predicted octanol–water partition coefficient (Wildman–Crippen LogP) is 2.06. The summed E-state index contributed by atoms with van der Waals surface area (Å²) in [6.45, 7) is 13.3. The van der Waals surface area contributed by atoms with Gasteiger partial charge in [0.2, 0.25) is 0 Å². The van der Waals surface area contributed by atoms with Crippen molar-refractivity contribution in [1.82, 2.24) is 0 Å². The van der Waals surface area contributed by atoms with Crippen LogP contribution in [0.5, 0.6) is 0 Å². The van der Waals surface area contributed by atoms with Gasteiger partial charge < -0.3 is 14.0 Å². The quantitative estimate of drug-likeness (QED) is 0.470. The van der Waals surface area contributed by atoms with Crippen LogP contribution in [0.4, 0.5) is 0 Å². The van der Waals surface area contributed by atoms with Crippen LogP contribution >= 0.6 is 0 Å². The highest BCUT2D eigenvalue weighted by Crippen LogP contribution is 2.04. The van der Waals surface area contributed by atoms with Crippen molar-refractivity contribution in [2.24, 2.45) is 0 Å². The van der Waals surface area contributed by atoms with Gasteiger partial charge in [-0.1, -0.05) is 0 Å². The molecule has 0 heterocycles. The van der Waals surface area contributed by atoms with Gasteiger partial charge in [-0.05, 0) is 27.7 Å². The summed E-state index contributed by atoms with van der Waals surface area (Å²) >= 11 is 0. The Morgan fingerprint density at radius 3 is 1.46 bits per heavy atom. The van der Waals surface area contributed by atoms with E-state index in [0.29, 0.717) is 0 Å². The third-order valence-electron chi connectivity index (χ3n) is 1.11. The molecule has 0 aromatic carbocycles. The van der Waals surface area contributed by atoms with Crippen molar-refractivity contribution in [2.75, 3.05) is 0 Å². The molecule has 1 atom stereocenters. The molecule has 0 amide bonds. The molecule has 0 fully saturated rings. The van der Waals surface area contributed by atoms with E-state index in [1.54, 1.807) is 0 Å².